The zero-order valence-corrected chi connectivity index (χ0v) is 12.8. The van der Waals surface area contributed by atoms with Crippen LogP contribution in [0.4, 0.5) is 5.13 Å². The number of anilines is 1. The van der Waals surface area contributed by atoms with E-state index in [0.29, 0.717) is 36.6 Å². The SMILES string of the molecule is O=C(Nc1nccs1)C1CCN(C(=O)c2ccncc2)CC1. The molecule has 0 atom stereocenters. The van der Waals surface area contributed by atoms with Gasteiger partial charge in [0.1, 0.15) is 0 Å². The minimum atomic E-state index is -0.0645. The average molecular weight is 316 g/mol. The highest BCUT2D eigenvalue weighted by atomic mass is 32.1. The zero-order valence-electron chi connectivity index (χ0n) is 11.9. The second-order valence-electron chi connectivity index (χ2n) is 5.13. The monoisotopic (exact) mass is 316 g/mol. The molecule has 2 amide bonds. The van der Waals surface area contributed by atoms with Crippen LogP contribution in [0.25, 0.3) is 0 Å². The number of piperidine rings is 1. The van der Waals surface area contributed by atoms with Gasteiger partial charge >= 0.3 is 0 Å². The molecule has 0 unspecified atom stereocenters. The summed E-state index contributed by atoms with van der Waals surface area (Å²) in [5, 5.41) is 5.27. The Morgan fingerprint density at radius 3 is 2.55 bits per heavy atom. The maximum atomic E-state index is 12.3. The van der Waals surface area contributed by atoms with Crippen LogP contribution in [0.5, 0.6) is 0 Å². The molecule has 1 fully saturated rings. The lowest BCUT2D eigenvalue weighted by Gasteiger charge is -2.31. The lowest BCUT2D eigenvalue weighted by Crippen LogP contribution is -2.41. The third-order valence-corrected chi connectivity index (χ3v) is 4.43. The minimum absolute atomic E-state index is 0.00109. The van der Waals surface area contributed by atoms with Crippen LogP contribution in [0, 0.1) is 5.92 Å². The fraction of sp³-hybridized carbons (Fsp3) is 0.333. The van der Waals surface area contributed by atoms with Gasteiger partial charge in [0.2, 0.25) is 5.91 Å². The molecule has 1 aliphatic rings. The maximum absolute atomic E-state index is 12.3. The summed E-state index contributed by atoms with van der Waals surface area (Å²) in [4.78, 5) is 34.2. The fourth-order valence-electron chi connectivity index (χ4n) is 2.51. The molecule has 2 aromatic heterocycles. The van der Waals surface area contributed by atoms with E-state index >= 15 is 0 Å². The molecule has 6 nitrogen and oxygen atoms in total. The van der Waals surface area contributed by atoms with Crippen molar-refractivity contribution in [1.82, 2.24) is 14.9 Å². The quantitative estimate of drug-likeness (QED) is 0.940. The molecule has 114 valence electrons. The highest BCUT2D eigenvalue weighted by molar-refractivity contribution is 7.13. The molecule has 1 N–H and O–H groups in total. The number of rotatable bonds is 3. The van der Waals surface area contributed by atoms with E-state index in [-0.39, 0.29) is 17.7 Å². The van der Waals surface area contributed by atoms with Gasteiger partial charge in [-0.05, 0) is 25.0 Å². The van der Waals surface area contributed by atoms with Crippen molar-refractivity contribution in [3.05, 3.63) is 41.7 Å². The predicted molar refractivity (Wildman–Crippen MR) is 83.6 cm³/mol. The van der Waals surface area contributed by atoms with Crippen LogP contribution in [0.15, 0.2) is 36.1 Å². The van der Waals surface area contributed by atoms with Gasteiger partial charge in [0, 0.05) is 48.5 Å². The summed E-state index contributed by atoms with van der Waals surface area (Å²) in [5.41, 5.74) is 0.640. The van der Waals surface area contributed by atoms with Gasteiger partial charge in [-0.1, -0.05) is 0 Å². The molecule has 0 saturated carbocycles. The second kappa shape index (κ2) is 6.65. The topological polar surface area (TPSA) is 75.2 Å². The van der Waals surface area contributed by atoms with Gasteiger partial charge in [-0.15, -0.1) is 11.3 Å². The number of aromatic nitrogens is 2. The van der Waals surface area contributed by atoms with Gasteiger partial charge < -0.3 is 10.2 Å². The Morgan fingerprint density at radius 2 is 1.91 bits per heavy atom. The molecule has 2 aromatic rings. The number of hydrogen-bond donors (Lipinski definition) is 1. The Morgan fingerprint density at radius 1 is 1.18 bits per heavy atom. The van der Waals surface area contributed by atoms with Crippen molar-refractivity contribution in [2.24, 2.45) is 5.92 Å². The van der Waals surface area contributed by atoms with Gasteiger partial charge in [-0.25, -0.2) is 4.98 Å². The van der Waals surface area contributed by atoms with Crippen LogP contribution in [0.1, 0.15) is 23.2 Å². The van der Waals surface area contributed by atoms with Crippen LogP contribution in [0.2, 0.25) is 0 Å². The Balaban J connectivity index is 1.54. The van der Waals surface area contributed by atoms with Gasteiger partial charge in [0.15, 0.2) is 5.13 Å². The molecular formula is C15H16N4O2S. The fourth-order valence-corrected chi connectivity index (χ4v) is 3.05. The van der Waals surface area contributed by atoms with E-state index in [4.69, 9.17) is 0 Å². The van der Waals surface area contributed by atoms with E-state index in [1.807, 2.05) is 5.38 Å². The van der Waals surface area contributed by atoms with Gasteiger partial charge in [-0.2, -0.15) is 0 Å². The normalized spacial score (nSPS) is 15.5. The molecule has 1 aliphatic heterocycles. The number of carbonyl (C=O) groups is 2. The van der Waals surface area contributed by atoms with Crippen molar-refractivity contribution < 1.29 is 9.59 Å². The molecule has 0 bridgehead atoms. The molecule has 3 heterocycles. The highest BCUT2D eigenvalue weighted by Gasteiger charge is 2.28. The maximum Gasteiger partial charge on any atom is 0.253 e. The summed E-state index contributed by atoms with van der Waals surface area (Å²) in [6, 6.07) is 3.42. The van der Waals surface area contributed by atoms with Crippen molar-refractivity contribution in [1.29, 1.82) is 0 Å². The average Bonchev–Trinajstić information content (AvgIpc) is 3.08. The van der Waals surface area contributed by atoms with Gasteiger partial charge in [0.05, 0.1) is 0 Å². The summed E-state index contributed by atoms with van der Waals surface area (Å²) >= 11 is 1.40. The lowest BCUT2D eigenvalue weighted by atomic mass is 9.95. The molecule has 0 radical (unpaired) electrons. The van der Waals surface area contributed by atoms with E-state index in [2.05, 4.69) is 15.3 Å². The number of carbonyl (C=O) groups excluding carboxylic acids is 2. The van der Waals surface area contributed by atoms with Crippen molar-refractivity contribution >= 4 is 28.3 Å². The van der Waals surface area contributed by atoms with Crippen LogP contribution < -0.4 is 5.32 Å². The van der Waals surface area contributed by atoms with E-state index in [1.165, 1.54) is 11.3 Å². The van der Waals surface area contributed by atoms with Crippen molar-refractivity contribution in [2.75, 3.05) is 18.4 Å². The van der Waals surface area contributed by atoms with Crippen LogP contribution in [0.3, 0.4) is 0 Å². The standard InChI is InChI=1S/C15H16N4O2S/c20-13(18-15-17-7-10-22-15)11-3-8-19(9-4-11)14(21)12-1-5-16-6-2-12/h1-2,5-7,10-11H,3-4,8-9H2,(H,17,18,20). The number of amides is 2. The van der Waals surface area contributed by atoms with E-state index < -0.39 is 0 Å². The summed E-state index contributed by atoms with van der Waals surface area (Å²) in [6.45, 7) is 1.19. The molecule has 0 aromatic carbocycles. The van der Waals surface area contributed by atoms with Crippen LogP contribution in [-0.4, -0.2) is 39.8 Å². The molecule has 3 rings (SSSR count). The minimum Gasteiger partial charge on any atom is -0.339 e. The van der Waals surface area contributed by atoms with E-state index in [0.717, 1.165) is 0 Å². The third kappa shape index (κ3) is 3.30. The molecule has 22 heavy (non-hydrogen) atoms. The first-order chi connectivity index (χ1) is 10.7. The lowest BCUT2D eigenvalue weighted by molar-refractivity contribution is -0.121. The first kappa shape index (κ1) is 14.6. The Hall–Kier alpha value is -2.28. The number of pyridine rings is 1. The number of thiazole rings is 1. The number of hydrogen-bond acceptors (Lipinski definition) is 5. The molecule has 0 aliphatic carbocycles. The van der Waals surface area contributed by atoms with Crippen molar-refractivity contribution in [3.63, 3.8) is 0 Å². The van der Waals surface area contributed by atoms with Crippen LogP contribution >= 0.6 is 11.3 Å². The summed E-state index contributed by atoms with van der Waals surface area (Å²) in [5.74, 6) is -0.0717. The smallest absolute Gasteiger partial charge is 0.253 e. The van der Waals surface area contributed by atoms with E-state index in [1.54, 1.807) is 35.6 Å². The largest absolute Gasteiger partial charge is 0.339 e. The number of nitrogens with one attached hydrogen (secondary N) is 1. The zero-order chi connectivity index (χ0) is 15.4. The Kier molecular flexibility index (Phi) is 4.43. The first-order valence-corrected chi connectivity index (χ1v) is 8.01. The van der Waals surface area contributed by atoms with Crippen molar-refractivity contribution in [2.45, 2.75) is 12.8 Å². The third-order valence-electron chi connectivity index (χ3n) is 3.74. The molecule has 0 spiro atoms. The summed E-state index contributed by atoms with van der Waals surface area (Å²) < 4.78 is 0. The molecule has 1 saturated heterocycles. The molecular weight excluding hydrogens is 300 g/mol. The highest BCUT2D eigenvalue weighted by Crippen LogP contribution is 2.21. The van der Waals surface area contributed by atoms with Gasteiger partial charge in [-0.3, -0.25) is 14.6 Å². The van der Waals surface area contributed by atoms with Crippen LogP contribution in [-0.2, 0) is 4.79 Å². The number of nitrogens with zero attached hydrogens (tertiary/aromatic N) is 3. The summed E-state index contributed by atoms with van der Waals surface area (Å²) in [7, 11) is 0. The first-order valence-electron chi connectivity index (χ1n) is 7.13. The second-order valence-corrected chi connectivity index (χ2v) is 6.02. The Bertz CT molecular complexity index is 637. The van der Waals surface area contributed by atoms with Gasteiger partial charge in [0.25, 0.3) is 5.91 Å². The Labute approximate surface area is 132 Å². The van der Waals surface area contributed by atoms with Crippen molar-refractivity contribution in [3.8, 4) is 0 Å². The molecule has 7 heteroatoms. The predicted octanol–water partition coefficient (Wildman–Crippen LogP) is 2.03. The number of likely N-dealkylation sites (tertiary alicyclic amines) is 1. The van der Waals surface area contributed by atoms with E-state index in [9.17, 15) is 9.59 Å². The summed E-state index contributed by atoms with van der Waals surface area (Å²) in [6.07, 6.45) is 6.24.